The van der Waals surface area contributed by atoms with E-state index in [2.05, 4.69) is 0 Å². The Morgan fingerprint density at radius 2 is 1.81 bits per heavy atom. The molecule has 0 aromatic carbocycles. The van der Waals surface area contributed by atoms with Gasteiger partial charge < -0.3 is 0 Å². The predicted octanol–water partition coefficient (Wildman–Crippen LogP) is 5.00. The van der Waals surface area contributed by atoms with Crippen LogP contribution in [0.2, 0.25) is 0 Å². The van der Waals surface area contributed by atoms with Gasteiger partial charge in [-0.25, -0.2) is 0 Å². The lowest BCUT2D eigenvalue weighted by Crippen LogP contribution is -2.30. The molecule has 3 rings (SSSR count). The lowest BCUT2D eigenvalue weighted by atomic mass is 9.68. The van der Waals surface area contributed by atoms with Gasteiger partial charge >= 0.3 is 0 Å². The molecule has 0 aromatic rings. The van der Waals surface area contributed by atoms with Gasteiger partial charge in [-0.05, 0) is 61.7 Å². The third kappa shape index (κ3) is 2.03. The highest BCUT2D eigenvalue weighted by molar-refractivity contribution is 6.18. The molecule has 0 aromatic heterocycles. The van der Waals surface area contributed by atoms with Crippen molar-refractivity contribution in [1.82, 2.24) is 0 Å². The summed E-state index contributed by atoms with van der Waals surface area (Å²) in [7, 11) is 0. The van der Waals surface area contributed by atoms with Crippen molar-refractivity contribution < 1.29 is 0 Å². The van der Waals surface area contributed by atoms with Crippen LogP contribution in [0.3, 0.4) is 0 Å². The van der Waals surface area contributed by atoms with Crippen molar-refractivity contribution in [3.05, 3.63) is 0 Å². The second kappa shape index (κ2) is 4.52. The maximum absolute atomic E-state index is 6.32. The predicted molar refractivity (Wildman–Crippen MR) is 69.8 cm³/mol. The Balaban J connectivity index is 1.63. The van der Waals surface area contributed by atoms with Crippen LogP contribution in [-0.2, 0) is 0 Å². The van der Waals surface area contributed by atoms with Crippen molar-refractivity contribution in [2.24, 2.45) is 23.2 Å². The molecule has 0 amide bonds. The maximum Gasteiger partial charge on any atom is 0.0280 e. The summed E-state index contributed by atoms with van der Waals surface area (Å²) in [5, 5.41) is 0. The van der Waals surface area contributed by atoms with E-state index in [9.17, 15) is 0 Å². The summed E-state index contributed by atoms with van der Waals surface area (Å²) in [5.41, 5.74) is 0.551. The number of hydrogen-bond acceptors (Lipinski definition) is 0. The highest BCUT2D eigenvalue weighted by Gasteiger charge is 2.43. The molecular weight excluding hydrogens is 216 g/mol. The molecule has 3 aliphatic carbocycles. The van der Waals surface area contributed by atoms with E-state index in [0.29, 0.717) is 5.41 Å². The van der Waals surface area contributed by atoms with Crippen LogP contribution in [0, 0.1) is 23.2 Å². The largest absolute Gasteiger partial charge is 0.126 e. The number of fused-ring (bicyclic) bond motifs is 2. The lowest BCUT2D eigenvalue weighted by Gasteiger charge is -2.39. The Labute approximate surface area is 105 Å². The maximum atomic E-state index is 6.32. The molecule has 92 valence electrons. The summed E-state index contributed by atoms with van der Waals surface area (Å²) < 4.78 is 0. The van der Waals surface area contributed by atoms with Crippen LogP contribution in [0.1, 0.15) is 64.2 Å². The molecule has 0 N–H and O–H groups in total. The van der Waals surface area contributed by atoms with E-state index >= 15 is 0 Å². The molecule has 3 aliphatic rings. The molecule has 0 nitrogen and oxygen atoms in total. The van der Waals surface area contributed by atoms with Gasteiger partial charge in [0.1, 0.15) is 0 Å². The van der Waals surface area contributed by atoms with Crippen molar-refractivity contribution in [1.29, 1.82) is 0 Å². The lowest BCUT2D eigenvalue weighted by molar-refractivity contribution is 0.141. The Kier molecular flexibility index (Phi) is 3.21. The third-order valence-electron chi connectivity index (χ3n) is 5.78. The van der Waals surface area contributed by atoms with E-state index in [-0.39, 0.29) is 0 Å². The van der Waals surface area contributed by atoms with E-state index < -0.39 is 0 Å². The number of alkyl halides is 1. The summed E-state index contributed by atoms with van der Waals surface area (Å²) >= 11 is 6.32. The van der Waals surface area contributed by atoms with Crippen LogP contribution in [-0.4, -0.2) is 5.88 Å². The zero-order valence-corrected chi connectivity index (χ0v) is 11.1. The molecule has 3 fully saturated rings. The van der Waals surface area contributed by atoms with E-state index in [1.54, 1.807) is 12.8 Å². The topological polar surface area (TPSA) is 0 Å². The van der Waals surface area contributed by atoms with Gasteiger partial charge in [0.05, 0.1) is 0 Å². The van der Waals surface area contributed by atoms with Crippen molar-refractivity contribution >= 4 is 11.6 Å². The highest BCUT2D eigenvalue weighted by atomic mass is 35.5. The molecule has 2 bridgehead atoms. The van der Waals surface area contributed by atoms with Gasteiger partial charge in [-0.1, -0.05) is 25.7 Å². The zero-order valence-electron chi connectivity index (χ0n) is 10.4. The van der Waals surface area contributed by atoms with Gasteiger partial charge in [-0.15, -0.1) is 11.6 Å². The fourth-order valence-corrected chi connectivity index (χ4v) is 5.25. The van der Waals surface area contributed by atoms with E-state index in [0.717, 1.165) is 23.6 Å². The fraction of sp³-hybridized carbons (Fsp3) is 1.00. The average molecular weight is 241 g/mol. The van der Waals surface area contributed by atoms with Gasteiger partial charge in [-0.2, -0.15) is 0 Å². The Morgan fingerprint density at radius 3 is 2.38 bits per heavy atom. The molecule has 1 heteroatoms. The van der Waals surface area contributed by atoms with Crippen LogP contribution < -0.4 is 0 Å². The smallest absolute Gasteiger partial charge is 0.0280 e. The molecular formula is C15H25Cl. The van der Waals surface area contributed by atoms with Gasteiger partial charge in [-0.3, -0.25) is 0 Å². The van der Waals surface area contributed by atoms with Crippen LogP contribution in [0.5, 0.6) is 0 Å². The summed E-state index contributed by atoms with van der Waals surface area (Å²) in [6.07, 6.45) is 14.8. The zero-order chi connectivity index (χ0) is 11.0. The SMILES string of the molecule is ClCC1(CC2CC3CCC2C3)CCCCC1. The van der Waals surface area contributed by atoms with Crippen molar-refractivity contribution in [3.63, 3.8) is 0 Å². The Bertz CT molecular complexity index is 242. The van der Waals surface area contributed by atoms with Crippen LogP contribution in [0.4, 0.5) is 0 Å². The van der Waals surface area contributed by atoms with Crippen molar-refractivity contribution in [2.75, 3.05) is 5.88 Å². The quantitative estimate of drug-likeness (QED) is 0.609. The van der Waals surface area contributed by atoms with Gasteiger partial charge in [0.15, 0.2) is 0 Å². The van der Waals surface area contributed by atoms with Gasteiger partial charge in [0.2, 0.25) is 0 Å². The average Bonchev–Trinajstić information content (AvgIpc) is 2.92. The third-order valence-corrected chi connectivity index (χ3v) is 6.34. The fourth-order valence-electron chi connectivity index (χ4n) is 4.88. The minimum Gasteiger partial charge on any atom is -0.126 e. The summed E-state index contributed by atoms with van der Waals surface area (Å²) in [5.74, 6) is 4.18. The molecule has 0 heterocycles. The molecule has 0 spiro atoms. The Hall–Kier alpha value is 0.290. The number of hydrogen-bond donors (Lipinski definition) is 0. The second-order valence-electron chi connectivity index (χ2n) is 6.83. The first-order valence-corrected chi connectivity index (χ1v) is 7.91. The minimum atomic E-state index is 0.551. The summed E-state index contributed by atoms with van der Waals surface area (Å²) in [6.45, 7) is 0. The van der Waals surface area contributed by atoms with Crippen molar-refractivity contribution in [3.8, 4) is 0 Å². The Morgan fingerprint density at radius 1 is 1.00 bits per heavy atom. The van der Waals surface area contributed by atoms with Gasteiger partial charge in [0.25, 0.3) is 0 Å². The van der Waals surface area contributed by atoms with Gasteiger partial charge in [0, 0.05) is 5.88 Å². The number of halogens is 1. The van der Waals surface area contributed by atoms with E-state index in [1.165, 1.54) is 51.4 Å². The molecule has 16 heavy (non-hydrogen) atoms. The summed E-state index contributed by atoms with van der Waals surface area (Å²) in [6, 6.07) is 0. The molecule has 3 saturated carbocycles. The first kappa shape index (κ1) is 11.4. The second-order valence-corrected chi connectivity index (χ2v) is 7.10. The van der Waals surface area contributed by atoms with E-state index in [4.69, 9.17) is 11.6 Å². The first-order valence-electron chi connectivity index (χ1n) is 7.37. The van der Waals surface area contributed by atoms with Crippen LogP contribution >= 0.6 is 11.6 Å². The number of rotatable bonds is 3. The summed E-state index contributed by atoms with van der Waals surface area (Å²) in [4.78, 5) is 0. The normalized spacial score (nSPS) is 41.4. The monoisotopic (exact) mass is 240 g/mol. The standard InChI is InChI=1S/C15H25Cl/c16-11-15(6-2-1-3-7-15)10-14-9-12-4-5-13(14)8-12/h12-14H,1-11H2. The molecule has 0 radical (unpaired) electrons. The van der Waals surface area contributed by atoms with Crippen LogP contribution in [0.25, 0.3) is 0 Å². The van der Waals surface area contributed by atoms with Crippen LogP contribution in [0.15, 0.2) is 0 Å². The van der Waals surface area contributed by atoms with Crippen molar-refractivity contribution in [2.45, 2.75) is 64.2 Å². The highest BCUT2D eigenvalue weighted by Crippen LogP contribution is 2.54. The molecule has 3 unspecified atom stereocenters. The van der Waals surface area contributed by atoms with E-state index in [1.807, 2.05) is 0 Å². The molecule has 0 aliphatic heterocycles. The molecule has 0 saturated heterocycles. The first-order chi connectivity index (χ1) is 7.81. The minimum absolute atomic E-state index is 0.551. The molecule has 3 atom stereocenters.